The van der Waals surface area contributed by atoms with Crippen LogP contribution >= 0.6 is 0 Å². The van der Waals surface area contributed by atoms with E-state index >= 15 is 0 Å². The fourth-order valence-electron chi connectivity index (χ4n) is 8.72. The van der Waals surface area contributed by atoms with Crippen molar-refractivity contribution < 1.29 is 32.5 Å². The van der Waals surface area contributed by atoms with Gasteiger partial charge in [0, 0.05) is 69.8 Å². The number of nitrogens with zero attached hydrogens (tertiary/aromatic N) is 9. The number of likely N-dealkylation sites (tertiary alicyclic amines) is 1. The van der Waals surface area contributed by atoms with Crippen LogP contribution in [0.25, 0.3) is 0 Å². The van der Waals surface area contributed by atoms with Gasteiger partial charge in [-0.25, -0.2) is 9.97 Å². The lowest BCUT2D eigenvalue weighted by Gasteiger charge is -2.38. The number of anilines is 4. The molecule has 3 aromatic heterocycles. The number of nitrogens with two attached hydrogens (primary N) is 1. The first-order valence-corrected chi connectivity index (χ1v) is 22.5. The summed E-state index contributed by atoms with van der Waals surface area (Å²) in [6.07, 6.45) is 8.87. The number of carbonyl (C=O) groups excluding carboxylic acids is 1. The monoisotopic (exact) mass is 936 g/mol. The van der Waals surface area contributed by atoms with Gasteiger partial charge in [0.15, 0.2) is 0 Å². The van der Waals surface area contributed by atoms with Gasteiger partial charge in [-0.15, -0.1) is 13.2 Å². The Balaban J connectivity index is 0.000000238. The maximum Gasteiger partial charge on any atom is 0.573 e. The minimum Gasteiger partial charge on any atom is -0.405 e. The summed E-state index contributed by atoms with van der Waals surface area (Å²) in [5.74, 6) is 1.19. The van der Waals surface area contributed by atoms with Crippen molar-refractivity contribution in [2.45, 2.75) is 109 Å². The molecule has 3 fully saturated rings. The lowest BCUT2D eigenvalue weighted by Crippen LogP contribution is -2.48. The van der Waals surface area contributed by atoms with Gasteiger partial charge in [0.25, 0.3) is 0 Å². The lowest BCUT2D eigenvalue weighted by molar-refractivity contribution is -0.384. The molecule has 1 aromatic carbocycles. The maximum absolute atomic E-state index is 12.7. The lowest BCUT2D eigenvalue weighted by atomic mass is 9.85. The number of rotatable bonds is 17. The van der Waals surface area contributed by atoms with Crippen LogP contribution < -0.4 is 31.7 Å². The molecule has 6 N–H and O–H groups in total. The Bertz CT molecular complexity index is 2290. The third-order valence-electron chi connectivity index (χ3n) is 12.4. The van der Waals surface area contributed by atoms with Crippen LogP contribution in [0.2, 0.25) is 0 Å². The van der Waals surface area contributed by atoms with E-state index in [4.69, 9.17) is 5.73 Å². The molecule has 0 unspecified atom stereocenters. The van der Waals surface area contributed by atoms with Crippen molar-refractivity contribution in [1.82, 2.24) is 34.7 Å². The van der Waals surface area contributed by atoms with Crippen molar-refractivity contribution in [3.63, 3.8) is 0 Å². The third-order valence-corrected chi connectivity index (χ3v) is 12.4. The molecule has 1 amide bonds. The summed E-state index contributed by atoms with van der Waals surface area (Å²) in [6, 6.07) is 10.1. The van der Waals surface area contributed by atoms with Gasteiger partial charge in [0.2, 0.25) is 29.4 Å². The number of amides is 1. The number of alkyl halides is 3. The van der Waals surface area contributed by atoms with E-state index in [2.05, 4.69) is 55.8 Å². The number of nitrogens with one attached hydrogen (secondary N) is 4. The molecule has 7 rings (SSSR count). The van der Waals surface area contributed by atoms with Gasteiger partial charge in [-0.2, -0.15) is 9.97 Å². The summed E-state index contributed by atoms with van der Waals surface area (Å²) in [6.45, 7) is 4.39. The van der Waals surface area contributed by atoms with E-state index in [1.807, 2.05) is 19.1 Å². The number of para-hydroxylation sites is 1. The van der Waals surface area contributed by atoms with Crippen LogP contribution in [0.5, 0.6) is 5.75 Å². The molecule has 4 aromatic rings. The number of likely N-dealkylation sites (N-methyl/N-ethyl adjacent to an activating group) is 1. The fourth-order valence-corrected chi connectivity index (χ4v) is 8.72. The second-order valence-electron chi connectivity index (χ2n) is 17.3. The van der Waals surface area contributed by atoms with Gasteiger partial charge < -0.3 is 36.6 Å². The molecule has 2 aliphatic carbocycles. The molecule has 4 heterocycles. The van der Waals surface area contributed by atoms with Crippen molar-refractivity contribution in [2.24, 2.45) is 17.6 Å². The number of benzene rings is 1. The maximum atomic E-state index is 12.7. The number of hydrogen-bond acceptors (Lipinski definition) is 17. The summed E-state index contributed by atoms with van der Waals surface area (Å²) in [7, 11) is 3.58. The zero-order chi connectivity index (χ0) is 48.1. The number of halogens is 3. The largest absolute Gasteiger partial charge is 0.573 e. The highest BCUT2D eigenvalue weighted by atomic mass is 19.4. The van der Waals surface area contributed by atoms with Gasteiger partial charge in [-0.3, -0.25) is 34.9 Å². The molecule has 2 saturated carbocycles. The zero-order valence-electron chi connectivity index (χ0n) is 37.9. The Kier molecular flexibility index (Phi) is 17.4. The first-order valence-electron chi connectivity index (χ1n) is 22.5. The number of pyridine rings is 1. The van der Waals surface area contributed by atoms with Crippen molar-refractivity contribution >= 4 is 40.8 Å². The van der Waals surface area contributed by atoms with Crippen molar-refractivity contribution in [3.8, 4) is 5.75 Å². The third kappa shape index (κ3) is 14.5. The van der Waals surface area contributed by atoms with Gasteiger partial charge in [0.05, 0.1) is 15.9 Å². The summed E-state index contributed by atoms with van der Waals surface area (Å²) in [4.78, 5) is 59.2. The number of ether oxygens (including phenoxy) is 1. The predicted molar refractivity (Wildman–Crippen MR) is 245 cm³/mol. The minimum atomic E-state index is -4.84. The molecule has 20 nitrogen and oxygen atoms in total. The molecule has 3 aliphatic rings. The highest BCUT2D eigenvalue weighted by Crippen LogP contribution is 2.34. The SMILES string of the molecule is CN(C)C(=O)[C@@H]1CCCN1[C@H]1CC[C@H](CNc2nc(NCc3ccccc3OC(F)(F)F)ncc2[N+](=O)[O-])CC1.Cc1ncccc1CNc1ncc([N+](=O)[O-])c(NC[C@H]2CC[C@H](N)CC2)n1. The van der Waals surface area contributed by atoms with E-state index in [-0.39, 0.29) is 70.7 Å². The van der Waals surface area contributed by atoms with Crippen LogP contribution in [0.3, 0.4) is 0 Å². The van der Waals surface area contributed by atoms with E-state index in [0.717, 1.165) is 88.2 Å². The van der Waals surface area contributed by atoms with Crippen LogP contribution in [0.15, 0.2) is 55.0 Å². The molecule has 23 heteroatoms. The Hall–Kier alpha value is -6.49. The van der Waals surface area contributed by atoms with E-state index in [9.17, 15) is 38.2 Å². The summed E-state index contributed by atoms with van der Waals surface area (Å²) in [5, 5.41) is 35.0. The standard InChI is InChI=1S/C26H34F3N7O4.C18H25N7O2/c1-34(2)24(37)20-7-5-13-35(20)19-11-9-17(10-12-19)14-30-23-21(36(38)39)16-32-25(33-23)31-15-18-6-3-4-8-22(18)40-26(27,28)29;1-12-14(3-2-8-20-12)10-22-18-23-11-16(25(26)27)17(24-18)21-9-13-4-6-15(19)7-5-13/h3-4,6,8,16-17,19-20H,5,7,9-15H2,1-2H3,(H2,30,31,32,33);2-3,8,11,13,15H,4-7,9-10,19H2,1H3,(H2,21,22,23,24)/t17-,19-,20-;13-,15-/m0./s1. The molecular formula is C44H59F3N14O6. The highest BCUT2D eigenvalue weighted by Gasteiger charge is 2.38. The highest BCUT2D eigenvalue weighted by molar-refractivity contribution is 5.81. The molecular weight excluding hydrogens is 878 g/mol. The predicted octanol–water partition coefficient (Wildman–Crippen LogP) is 7.05. The van der Waals surface area contributed by atoms with Gasteiger partial charge >= 0.3 is 17.7 Å². The van der Waals surface area contributed by atoms with Crippen LogP contribution in [-0.4, -0.2) is 109 Å². The van der Waals surface area contributed by atoms with Crippen LogP contribution in [-0.2, 0) is 17.9 Å². The minimum absolute atomic E-state index is 0.0317. The van der Waals surface area contributed by atoms with E-state index < -0.39 is 16.2 Å². The van der Waals surface area contributed by atoms with Gasteiger partial charge in [-0.05, 0) is 107 Å². The quantitative estimate of drug-likeness (QED) is 0.0525. The molecule has 1 aliphatic heterocycles. The van der Waals surface area contributed by atoms with Crippen LogP contribution in [0.4, 0.5) is 48.1 Å². The van der Waals surface area contributed by atoms with E-state index in [1.165, 1.54) is 24.4 Å². The molecule has 0 bridgehead atoms. The Morgan fingerprint density at radius 3 is 1.87 bits per heavy atom. The Labute approximate surface area is 386 Å². The average Bonchev–Trinajstić information content (AvgIpc) is 3.80. The van der Waals surface area contributed by atoms with E-state index in [1.54, 1.807) is 31.3 Å². The topological polar surface area (TPSA) is 258 Å². The number of aromatic nitrogens is 5. The Morgan fingerprint density at radius 2 is 1.33 bits per heavy atom. The normalized spacial score (nSPS) is 20.7. The first-order chi connectivity index (χ1) is 32.0. The fraction of sp³-hybridized carbons (Fsp3) is 0.545. The van der Waals surface area contributed by atoms with Crippen molar-refractivity contribution in [3.05, 3.63) is 92.0 Å². The van der Waals surface area contributed by atoms with Crippen molar-refractivity contribution in [1.29, 1.82) is 0 Å². The van der Waals surface area contributed by atoms with E-state index in [0.29, 0.717) is 37.5 Å². The first kappa shape index (κ1) is 49.9. The van der Waals surface area contributed by atoms with Crippen molar-refractivity contribution in [2.75, 3.05) is 55.0 Å². The molecule has 1 atom stereocenters. The smallest absolute Gasteiger partial charge is 0.405 e. The van der Waals surface area contributed by atoms with Crippen LogP contribution in [0, 0.1) is 39.0 Å². The zero-order valence-corrected chi connectivity index (χ0v) is 37.9. The van der Waals surface area contributed by atoms with Gasteiger partial charge in [-0.1, -0.05) is 24.3 Å². The van der Waals surface area contributed by atoms with Gasteiger partial charge in [0.1, 0.15) is 18.1 Å². The van der Waals surface area contributed by atoms with Crippen LogP contribution in [0.1, 0.15) is 81.0 Å². The molecule has 362 valence electrons. The number of carbonyl (C=O) groups is 1. The molecule has 0 radical (unpaired) electrons. The second kappa shape index (κ2) is 23.3. The molecule has 1 saturated heterocycles. The summed E-state index contributed by atoms with van der Waals surface area (Å²) >= 11 is 0. The second-order valence-corrected chi connectivity index (χ2v) is 17.3. The molecule has 0 spiro atoms. The number of aryl methyl sites for hydroxylation is 1. The molecule has 67 heavy (non-hydrogen) atoms. The number of hydrogen-bond donors (Lipinski definition) is 5. The Morgan fingerprint density at radius 1 is 0.791 bits per heavy atom. The summed E-state index contributed by atoms with van der Waals surface area (Å²) in [5.41, 5.74) is 7.69. The summed E-state index contributed by atoms with van der Waals surface area (Å²) < 4.78 is 42.2. The number of nitro groups is 2. The average molecular weight is 937 g/mol.